The predicted octanol–water partition coefficient (Wildman–Crippen LogP) is 1.67. The van der Waals surface area contributed by atoms with Crippen LogP contribution in [0.5, 0.6) is 0 Å². The van der Waals surface area contributed by atoms with E-state index in [1.807, 2.05) is 35.7 Å². The van der Waals surface area contributed by atoms with Gasteiger partial charge < -0.3 is 9.88 Å². The van der Waals surface area contributed by atoms with Gasteiger partial charge in [0.25, 0.3) is 0 Å². The minimum Gasteiger partial charge on any atom is -0.333 e. The molecule has 0 radical (unpaired) electrons. The lowest BCUT2D eigenvalue weighted by Crippen LogP contribution is -2.23. The van der Waals surface area contributed by atoms with Crippen LogP contribution < -0.4 is 5.32 Å². The molecule has 0 fully saturated rings. The maximum atomic E-state index is 4.22. The normalized spacial score (nSPS) is 11.3. The second-order valence-corrected chi connectivity index (χ2v) is 4.74. The van der Waals surface area contributed by atoms with Crippen LogP contribution in [0, 0.1) is 0 Å². The number of nitrogens with one attached hydrogen (secondary N) is 1. The highest BCUT2D eigenvalue weighted by Gasteiger charge is 2.02. The quantitative estimate of drug-likeness (QED) is 0.809. The molecular formula is C13H21N5. The van der Waals surface area contributed by atoms with Crippen molar-refractivity contribution < 1.29 is 0 Å². The molecule has 0 aliphatic carbocycles. The molecule has 5 heteroatoms. The summed E-state index contributed by atoms with van der Waals surface area (Å²) in [5.74, 6) is 0. The van der Waals surface area contributed by atoms with Crippen LogP contribution in [0.15, 0.2) is 31.0 Å². The molecule has 0 atom stereocenters. The lowest BCUT2D eigenvalue weighted by molar-refractivity contribution is 0.504. The van der Waals surface area contributed by atoms with Crippen LogP contribution in [-0.4, -0.2) is 25.4 Å². The number of hydrogen-bond acceptors (Lipinski definition) is 3. The number of nitrogens with zero attached hydrogens (tertiary/aromatic N) is 4. The Hall–Kier alpha value is -1.62. The van der Waals surface area contributed by atoms with Gasteiger partial charge in [0.05, 0.1) is 12.0 Å². The first kappa shape index (κ1) is 12.8. The molecule has 18 heavy (non-hydrogen) atoms. The van der Waals surface area contributed by atoms with Gasteiger partial charge in [0.2, 0.25) is 0 Å². The summed E-state index contributed by atoms with van der Waals surface area (Å²) < 4.78 is 4.17. The van der Waals surface area contributed by atoms with Gasteiger partial charge in [0.1, 0.15) is 0 Å². The summed E-state index contributed by atoms with van der Waals surface area (Å²) in [5.41, 5.74) is 1.24. The molecule has 0 aliphatic rings. The summed E-state index contributed by atoms with van der Waals surface area (Å²) >= 11 is 0. The minimum atomic E-state index is 0.498. The van der Waals surface area contributed by atoms with E-state index in [1.54, 1.807) is 0 Å². The average Bonchev–Trinajstić information content (AvgIpc) is 2.97. The van der Waals surface area contributed by atoms with Crippen molar-refractivity contribution in [2.75, 3.05) is 0 Å². The third kappa shape index (κ3) is 3.70. The van der Waals surface area contributed by atoms with Crippen molar-refractivity contribution in [1.82, 2.24) is 24.6 Å². The summed E-state index contributed by atoms with van der Waals surface area (Å²) in [5, 5.41) is 7.61. The Kier molecular flexibility index (Phi) is 4.52. The van der Waals surface area contributed by atoms with Crippen LogP contribution in [0.2, 0.25) is 0 Å². The number of aryl methyl sites for hydroxylation is 2. The van der Waals surface area contributed by atoms with Gasteiger partial charge in [-0.2, -0.15) is 5.10 Å². The highest BCUT2D eigenvalue weighted by Crippen LogP contribution is 2.02. The molecule has 0 saturated heterocycles. The third-order valence-electron chi connectivity index (χ3n) is 2.84. The van der Waals surface area contributed by atoms with Crippen LogP contribution in [0.4, 0.5) is 0 Å². The van der Waals surface area contributed by atoms with Gasteiger partial charge in [0.15, 0.2) is 0 Å². The van der Waals surface area contributed by atoms with Crippen LogP contribution in [-0.2, 0) is 19.6 Å². The first-order valence-electron chi connectivity index (χ1n) is 6.45. The Morgan fingerprint density at radius 3 is 2.94 bits per heavy atom. The topological polar surface area (TPSA) is 47.7 Å². The van der Waals surface area contributed by atoms with Gasteiger partial charge in [-0.1, -0.05) is 13.8 Å². The highest BCUT2D eigenvalue weighted by molar-refractivity contribution is 4.98. The fraction of sp³-hybridized carbons (Fsp3) is 0.538. The second-order valence-electron chi connectivity index (χ2n) is 4.74. The zero-order chi connectivity index (χ0) is 12.8. The molecule has 2 rings (SSSR count). The van der Waals surface area contributed by atoms with E-state index in [-0.39, 0.29) is 0 Å². The zero-order valence-electron chi connectivity index (χ0n) is 11.1. The maximum absolute atomic E-state index is 4.22. The summed E-state index contributed by atoms with van der Waals surface area (Å²) in [6.45, 7) is 7.10. The van der Waals surface area contributed by atoms with Gasteiger partial charge in [-0.15, -0.1) is 0 Å². The number of rotatable bonds is 7. The molecular weight excluding hydrogens is 226 g/mol. The molecule has 0 amide bonds. The van der Waals surface area contributed by atoms with Gasteiger partial charge in [-0.25, -0.2) is 4.98 Å². The largest absolute Gasteiger partial charge is 0.333 e. The molecule has 0 aromatic carbocycles. The van der Waals surface area contributed by atoms with E-state index in [0.29, 0.717) is 6.04 Å². The number of aromatic nitrogens is 4. The van der Waals surface area contributed by atoms with E-state index in [1.165, 1.54) is 5.69 Å². The standard InChI is InChI=1S/C13H21N5/c1-12(2)15-10-13-9-14-11-17(13)6-4-8-18-7-3-5-16-18/h3,5,7,9,11-12,15H,4,6,8,10H2,1-2H3. The Labute approximate surface area is 108 Å². The van der Waals surface area contributed by atoms with E-state index >= 15 is 0 Å². The Morgan fingerprint density at radius 2 is 2.22 bits per heavy atom. The molecule has 0 bridgehead atoms. The summed E-state index contributed by atoms with van der Waals surface area (Å²) in [6.07, 6.45) is 8.71. The fourth-order valence-electron chi connectivity index (χ4n) is 1.84. The zero-order valence-corrected chi connectivity index (χ0v) is 11.1. The van der Waals surface area contributed by atoms with E-state index in [9.17, 15) is 0 Å². The second kappa shape index (κ2) is 6.35. The van der Waals surface area contributed by atoms with Crippen LogP contribution in [0.3, 0.4) is 0 Å². The minimum absolute atomic E-state index is 0.498. The van der Waals surface area contributed by atoms with Crippen molar-refractivity contribution in [3.63, 3.8) is 0 Å². The fourth-order valence-corrected chi connectivity index (χ4v) is 1.84. The smallest absolute Gasteiger partial charge is 0.0948 e. The van der Waals surface area contributed by atoms with Crippen LogP contribution >= 0.6 is 0 Å². The van der Waals surface area contributed by atoms with Gasteiger partial charge in [-0.3, -0.25) is 4.68 Å². The third-order valence-corrected chi connectivity index (χ3v) is 2.84. The van der Waals surface area contributed by atoms with Crippen molar-refractivity contribution in [1.29, 1.82) is 0 Å². The molecule has 1 N–H and O–H groups in total. The van der Waals surface area contributed by atoms with Gasteiger partial charge >= 0.3 is 0 Å². The first-order valence-corrected chi connectivity index (χ1v) is 6.45. The number of imidazole rings is 1. The Bertz CT molecular complexity index is 444. The molecule has 0 spiro atoms. The van der Waals surface area contributed by atoms with Gasteiger partial charge in [-0.05, 0) is 12.5 Å². The van der Waals surface area contributed by atoms with Crippen LogP contribution in [0.1, 0.15) is 26.0 Å². The SMILES string of the molecule is CC(C)NCc1cncn1CCCn1cccn1. The monoisotopic (exact) mass is 247 g/mol. The molecule has 0 saturated carbocycles. The van der Waals surface area contributed by atoms with Crippen molar-refractivity contribution in [2.24, 2.45) is 0 Å². The molecule has 5 nitrogen and oxygen atoms in total. The first-order chi connectivity index (χ1) is 8.75. The highest BCUT2D eigenvalue weighted by atomic mass is 15.3. The molecule has 2 heterocycles. The summed E-state index contributed by atoms with van der Waals surface area (Å²) in [7, 11) is 0. The van der Waals surface area contributed by atoms with Crippen LogP contribution in [0.25, 0.3) is 0 Å². The van der Waals surface area contributed by atoms with Crippen molar-refractivity contribution in [3.8, 4) is 0 Å². The van der Waals surface area contributed by atoms with E-state index in [2.05, 4.69) is 33.8 Å². The molecule has 0 unspecified atom stereocenters. The number of hydrogen-bond donors (Lipinski definition) is 1. The molecule has 98 valence electrons. The van der Waals surface area contributed by atoms with E-state index in [4.69, 9.17) is 0 Å². The molecule has 2 aromatic rings. The molecule has 2 aromatic heterocycles. The lowest BCUT2D eigenvalue weighted by Gasteiger charge is -2.11. The lowest BCUT2D eigenvalue weighted by atomic mass is 10.3. The average molecular weight is 247 g/mol. The van der Waals surface area contributed by atoms with E-state index in [0.717, 1.165) is 26.1 Å². The maximum Gasteiger partial charge on any atom is 0.0948 e. The molecule has 0 aliphatic heterocycles. The Balaban J connectivity index is 1.80. The van der Waals surface area contributed by atoms with Gasteiger partial charge in [0, 0.05) is 44.3 Å². The van der Waals surface area contributed by atoms with E-state index < -0.39 is 0 Å². The predicted molar refractivity (Wildman–Crippen MR) is 71.0 cm³/mol. The van der Waals surface area contributed by atoms with Crippen molar-refractivity contribution in [2.45, 2.75) is 45.9 Å². The summed E-state index contributed by atoms with van der Waals surface area (Å²) in [6, 6.07) is 2.45. The van der Waals surface area contributed by atoms with Crippen molar-refractivity contribution >= 4 is 0 Å². The summed E-state index contributed by atoms with van der Waals surface area (Å²) in [4.78, 5) is 4.22. The van der Waals surface area contributed by atoms with Crippen molar-refractivity contribution in [3.05, 3.63) is 36.7 Å². The Morgan fingerprint density at radius 1 is 1.33 bits per heavy atom.